The second-order valence-corrected chi connectivity index (χ2v) is 18.6. The van der Waals surface area contributed by atoms with Crippen LogP contribution in [-0.2, 0) is 0 Å². The number of aliphatic hydroxyl groups excluding tert-OH is 1. The van der Waals surface area contributed by atoms with Crippen LogP contribution in [0.3, 0.4) is 0 Å². The first-order valence-electron chi connectivity index (χ1n) is 15.1. The number of hydrogen-bond donors (Lipinski definition) is 1. The lowest BCUT2D eigenvalue weighted by atomic mass is 10.1. The van der Waals surface area contributed by atoms with Gasteiger partial charge in [0.1, 0.15) is 11.5 Å². The highest BCUT2D eigenvalue weighted by atomic mass is 28.3. The minimum Gasteiger partial charge on any atom is -0.406 e. The number of nitrogens with zero attached hydrogens (tertiary/aromatic N) is 6. The van der Waals surface area contributed by atoms with Crippen molar-refractivity contribution in [2.75, 3.05) is 0 Å². The number of pyridine rings is 2. The van der Waals surface area contributed by atoms with E-state index in [2.05, 4.69) is 56.1 Å². The highest BCUT2D eigenvalue weighted by Crippen LogP contribution is 2.33. The maximum absolute atomic E-state index is 12.7. The molecule has 1 unspecified atom stereocenters. The molecule has 1 N–H and O–H groups in total. The summed E-state index contributed by atoms with van der Waals surface area (Å²) in [5, 5.41) is 23.8. The fraction of sp³-hybridized carbons (Fsp3) is 0.242. The Hall–Kier alpha value is -5.50. The number of aliphatic hydroxyl groups is 1. The normalized spacial score (nSPS) is 12.7. The number of benzene rings is 2. The van der Waals surface area contributed by atoms with Crippen LogP contribution >= 0.6 is 0 Å². The van der Waals surface area contributed by atoms with Crippen molar-refractivity contribution in [3.63, 3.8) is 0 Å². The number of alkyl halides is 9. The Morgan fingerprint density at radius 1 is 0.604 bits per heavy atom. The summed E-state index contributed by atoms with van der Waals surface area (Å²) in [4.78, 5) is 10.9. The highest BCUT2D eigenvalue weighted by Gasteiger charge is 2.42. The van der Waals surface area contributed by atoms with Crippen molar-refractivity contribution in [3.8, 4) is 33.8 Å². The Bertz CT molecular complexity index is 2140. The average Bonchev–Trinajstić information content (AvgIpc) is 3.66. The van der Waals surface area contributed by atoms with Crippen LogP contribution in [0.25, 0.3) is 33.5 Å². The lowest BCUT2D eigenvalue weighted by Crippen LogP contribution is -2.22. The lowest BCUT2D eigenvalue weighted by molar-refractivity contribution is -0.275. The Morgan fingerprint density at radius 2 is 0.981 bits per heavy atom. The summed E-state index contributed by atoms with van der Waals surface area (Å²) in [6, 6.07) is 16.5. The third-order valence-electron chi connectivity index (χ3n) is 6.36. The summed E-state index contributed by atoms with van der Waals surface area (Å²) < 4.78 is 121. The number of fused-ring (bicyclic) bond motifs is 2. The predicted molar refractivity (Wildman–Crippen MR) is 176 cm³/mol. The molecule has 53 heavy (non-hydrogen) atoms. The first-order valence-corrected chi connectivity index (χ1v) is 19.1. The van der Waals surface area contributed by atoms with E-state index < -0.39 is 44.7 Å². The van der Waals surface area contributed by atoms with Gasteiger partial charge in [-0.15, -0.1) is 46.7 Å². The molecule has 0 saturated heterocycles. The molecule has 0 aliphatic rings. The van der Waals surface area contributed by atoms with Gasteiger partial charge < -0.3 is 14.6 Å². The van der Waals surface area contributed by atoms with E-state index in [0.717, 1.165) is 16.5 Å². The van der Waals surface area contributed by atoms with E-state index in [1.165, 1.54) is 59.1 Å². The summed E-state index contributed by atoms with van der Waals surface area (Å²) in [5.74, 6) is -1.30. The number of hydrogen-bond acceptors (Lipinski definition) is 8. The number of ether oxygens (including phenoxy) is 2. The molecule has 20 heteroatoms. The molecule has 0 aliphatic carbocycles. The van der Waals surface area contributed by atoms with Crippen molar-refractivity contribution in [1.82, 2.24) is 29.2 Å². The number of rotatable bonds is 6. The zero-order valence-corrected chi connectivity index (χ0v) is 29.0. The third-order valence-corrected chi connectivity index (χ3v) is 6.36. The molecule has 10 nitrogen and oxygen atoms in total. The maximum Gasteiger partial charge on any atom is 0.573 e. The van der Waals surface area contributed by atoms with Gasteiger partial charge in [0.2, 0.25) is 11.9 Å². The van der Waals surface area contributed by atoms with E-state index in [9.17, 15) is 49.4 Å². The van der Waals surface area contributed by atoms with Gasteiger partial charge in [-0.2, -0.15) is 13.2 Å². The first-order chi connectivity index (χ1) is 24.5. The molecule has 282 valence electrons. The summed E-state index contributed by atoms with van der Waals surface area (Å²) in [7, 11) is -0.611. The number of halogens is 9. The molecule has 0 bridgehead atoms. The molecule has 0 saturated carbocycles. The van der Waals surface area contributed by atoms with Crippen LogP contribution in [0.4, 0.5) is 39.5 Å². The van der Waals surface area contributed by atoms with Gasteiger partial charge in [-0.05, 0) is 70.8 Å². The van der Waals surface area contributed by atoms with E-state index >= 15 is 0 Å². The fourth-order valence-corrected chi connectivity index (χ4v) is 4.27. The maximum atomic E-state index is 12.7. The van der Waals surface area contributed by atoms with Crippen molar-refractivity contribution in [2.24, 2.45) is 0 Å². The Morgan fingerprint density at radius 3 is 1.38 bits per heavy atom. The molecule has 6 aromatic rings. The zero-order valence-electron chi connectivity index (χ0n) is 28.0. The minimum absolute atomic E-state index is 0.0732. The van der Waals surface area contributed by atoms with Crippen LogP contribution in [0, 0.1) is 0 Å². The molecule has 0 amide bonds. The molecule has 6 rings (SSSR count). The van der Waals surface area contributed by atoms with Crippen LogP contribution < -0.4 is 9.47 Å². The second kappa shape index (κ2) is 15.6. The SMILES string of the molecule is C[Si](C)(C)C.O=Cc1nnc2ccc(-c3ccc(OC(F)(F)F)cc3)cn12.OC(c1nnc2ccc(-c3ccc(OC(F)(F)F)cc3)cn12)C(F)(F)F. The summed E-state index contributed by atoms with van der Waals surface area (Å²) in [6.07, 6.45) is -13.8. The van der Waals surface area contributed by atoms with Crippen molar-refractivity contribution < 1.29 is 58.9 Å². The molecule has 1 atom stereocenters. The standard InChI is InChI=1S/C15H9F6N3O2.C14H8F3N3O2.C4H12Si/c16-14(17,18)12(25)13-23-22-11-6-3-9(7-24(11)13)8-1-4-10(5-2-8)26-15(19,20)21;15-14(16,17)22-11-4-1-9(2-5-11)10-3-6-12-18-19-13(8-21)20(12)7-10;1-5(2,3)4/h1-7,12,25H;1-8H;1-4H3. The Labute approximate surface area is 295 Å². The van der Waals surface area contributed by atoms with E-state index in [1.807, 2.05) is 0 Å². The van der Waals surface area contributed by atoms with E-state index in [-0.39, 0.29) is 17.2 Å². The molecule has 0 aliphatic heterocycles. The van der Waals surface area contributed by atoms with Crippen LogP contribution in [0.15, 0.2) is 85.2 Å². The van der Waals surface area contributed by atoms with E-state index in [0.29, 0.717) is 34.2 Å². The van der Waals surface area contributed by atoms with Crippen molar-refractivity contribution in [3.05, 3.63) is 96.8 Å². The van der Waals surface area contributed by atoms with Gasteiger partial charge in [0.05, 0.1) is 0 Å². The fourth-order valence-electron chi connectivity index (χ4n) is 4.27. The Balaban J connectivity index is 0.000000212. The van der Waals surface area contributed by atoms with Crippen molar-refractivity contribution >= 4 is 25.7 Å². The van der Waals surface area contributed by atoms with Gasteiger partial charge in [0, 0.05) is 20.5 Å². The van der Waals surface area contributed by atoms with Crippen LogP contribution in [0.5, 0.6) is 11.5 Å². The van der Waals surface area contributed by atoms with Gasteiger partial charge >= 0.3 is 18.9 Å². The van der Waals surface area contributed by atoms with Crippen molar-refractivity contribution in [1.29, 1.82) is 0 Å². The van der Waals surface area contributed by atoms with Gasteiger partial charge in [-0.25, -0.2) is 0 Å². The van der Waals surface area contributed by atoms with E-state index in [1.54, 1.807) is 18.3 Å². The number of carbonyl (C=O) groups is 1. The van der Waals surface area contributed by atoms with Crippen LogP contribution in [-0.4, -0.2) is 67.6 Å². The van der Waals surface area contributed by atoms with Gasteiger partial charge in [-0.3, -0.25) is 13.6 Å². The summed E-state index contributed by atoms with van der Waals surface area (Å²) in [6.45, 7) is 9.31. The zero-order chi connectivity index (χ0) is 39.4. The quantitative estimate of drug-likeness (QED) is 0.101. The van der Waals surface area contributed by atoms with Crippen LogP contribution in [0.2, 0.25) is 26.2 Å². The predicted octanol–water partition coefficient (Wildman–Crippen LogP) is 8.95. The molecular formula is C33H29F9N6O4Si. The summed E-state index contributed by atoms with van der Waals surface area (Å²) >= 11 is 0. The smallest absolute Gasteiger partial charge is 0.406 e. The minimum atomic E-state index is -4.92. The van der Waals surface area contributed by atoms with Gasteiger partial charge in [0.25, 0.3) is 0 Å². The van der Waals surface area contributed by atoms with Crippen molar-refractivity contribution in [2.45, 2.75) is 51.2 Å². The van der Waals surface area contributed by atoms with E-state index in [4.69, 9.17) is 0 Å². The number of aromatic nitrogens is 6. The molecular weight excluding hydrogens is 743 g/mol. The molecule has 0 fully saturated rings. The summed E-state index contributed by atoms with van der Waals surface area (Å²) in [5.41, 5.74) is 2.75. The monoisotopic (exact) mass is 772 g/mol. The third kappa shape index (κ3) is 11.8. The second-order valence-electron chi connectivity index (χ2n) is 12.6. The van der Waals surface area contributed by atoms with Gasteiger partial charge in [0.15, 0.2) is 23.4 Å². The first kappa shape index (κ1) is 40.3. The highest BCUT2D eigenvalue weighted by molar-refractivity contribution is 6.74. The molecule has 2 aromatic carbocycles. The molecule has 0 radical (unpaired) electrons. The van der Waals surface area contributed by atoms with Crippen LogP contribution in [0.1, 0.15) is 22.5 Å². The molecule has 4 aromatic heterocycles. The number of carbonyl (C=O) groups excluding carboxylic acids is 1. The van der Waals surface area contributed by atoms with Gasteiger partial charge in [-0.1, -0.05) is 50.5 Å². The topological polar surface area (TPSA) is 116 Å². The Kier molecular flexibility index (Phi) is 11.9. The largest absolute Gasteiger partial charge is 0.573 e. The molecule has 0 spiro atoms. The number of aldehydes is 1. The molecule has 4 heterocycles. The lowest BCUT2D eigenvalue weighted by Gasteiger charge is -2.13. The average molecular weight is 773 g/mol.